The number of nitrogens with zero attached hydrogens (tertiary/aromatic N) is 3. The van der Waals surface area contributed by atoms with E-state index in [2.05, 4.69) is 41.9 Å². The van der Waals surface area contributed by atoms with Crippen molar-refractivity contribution in [1.82, 2.24) is 9.55 Å². The van der Waals surface area contributed by atoms with Crippen molar-refractivity contribution < 1.29 is 9.53 Å². The number of hydrogen-bond donors (Lipinski definition) is 1. The number of nitrogen functional groups attached to an aromatic ring is 1. The number of imidazole rings is 1. The van der Waals surface area contributed by atoms with Crippen LogP contribution in [0, 0.1) is 5.92 Å². The molecule has 1 aromatic carbocycles. The van der Waals surface area contributed by atoms with E-state index in [1.807, 2.05) is 17.7 Å². The predicted molar refractivity (Wildman–Crippen MR) is 108 cm³/mol. The summed E-state index contributed by atoms with van der Waals surface area (Å²) >= 11 is 0. The van der Waals surface area contributed by atoms with E-state index in [-0.39, 0.29) is 11.9 Å². The smallest absolute Gasteiger partial charge is 0.310 e. The molecule has 1 atom stereocenters. The van der Waals surface area contributed by atoms with Gasteiger partial charge in [0.1, 0.15) is 0 Å². The van der Waals surface area contributed by atoms with Gasteiger partial charge in [0.2, 0.25) is 0 Å². The zero-order valence-electron chi connectivity index (χ0n) is 16.5. The number of ether oxygens (including phenoxy) is 1. The summed E-state index contributed by atoms with van der Waals surface area (Å²) in [5, 5.41) is 0. The number of nitrogens with two attached hydrogens (primary N) is 1. The molecule has 1 aliphatic heterocycles. The van der Waals surface area contributed by atoms with E-state index < -0.39 is 0 Å². The third-order valence-electron chi connectivity index (χ3n) is 5.25. The molecule has 1 fully saturated rings. The first kappa shape index (κ1) is 19.3. The average Bonchev–Trinajstić information content (AvgIpc) is 3.07. The quantitative estimate of drug-likeness (QED) is 0.789. The second-order valence-electron chi connectivity index (χ2n) is 7.49. The lowest BCUT2D eigenvalue weighted by Gasteiger charge is -2.35. The molecule has 6 heteroatoms. The van der Waals surface area contributed by atoms with Crippen molar-refractivity contribution >= 4 is 17.6 Å². The average molecular weight is 370 g/mol. The van der Waals surface area contributed by atoms with Gasteiger partial charge in [-0.3, -0.25) is 4.79 Å². The minimum atomic E-state index is -0.0809. The zero-order chi connectivity index (χ0) is 19.4. The lowest BCUT2D eigenvalue weighted by Crippen LogP contribution is -2.40. The number of hydrogen-bond acceptors (Lipinski definition) is 5. The molecule has 2 heterocycles. The molecule has 0 radical (unpaired) electrons. The summed E-state index contributed by atoms with van der Waals surface area (Å²) in [6.45, 7) is 9.01. The maximum Gasteiger partial charge on any atom is 0.310 e. The Labute approximate surface area is 161 Å². The number of anilines is 2. The summed E-state index contributed by atoms with van der Waals surface area (Å²) in [6, 6.07) is 6.63. The van der Waals surface area contributed by atoms with E-state index in [1.54, 1.807) is 6.20 Å². The Kier molecular flexibility index (Phi) is 6.04. The van der Waals surface area contributed by atoms with Gasteiger partial charge in [0.25, 0.3) is 0 Å². The molecule has 2 N–H and O–H groups in total. The SMILES string of the molecule is CCOC(=O)[C@@H]1CCCN(c2cc(C(C)C)ccc2Cn2ccnc2N)C1. The van der Waals surface area contributed by atoms with Crippen LogP contribution in [0.2, 0.25) is 0 Å². The molecule has 0 spiro atoms. The van der Waals surface area contributed by atoms with Crippen LogP contribution in [0.4, 0.5) is 11.6 Å². The Bertz CT molecular complexity index is 784. The lowest BCUT2D eigenvalue weighted by molar-refractivity contribution is -0.148. The van der Waals surface area contributed by atoms with E-state index in [9.17, 15) is 4.79 Å². The van der Waals surface area contributed by atoms with Crippen molar-refractivity contribution in [3.63, 3.8) is 0 Å². The van der Waals surface area contributed by atoms with Crippen LogP contribution in [-0.2, 0) is 16.1 Å². The third kappa shape index (κ3) is 4.43. The van der Waals surface area contributed by atoms with Crippen LogP contribution < -0.4 is 10.6 Å². The van der Waals surface area contributed by atoms with E-state index in [4.69, 9.17) is 10.5 Å². The lowest BCUT2D eigenvalue weighted by atomic mass is 9.95. The summed E-state index contributed by atoms with van der Waals surface area (Å²) < 4.78 is 7.21. The molecule has 6 nitrogen and oxygen atoms in total. The normalized spacial score (nSPS) is 17.3. The van der Waals surface area contributed by atoms with E-state index in [1.165, 1.54) is 16.8 Å². The molecule has 146 valence electrons. The number of carbonyl (C=O) groups excluding carboxylic acids is 1. The third-order valence-corrected chi connectivity index (χ3v) is 5.25. The molecule has 27 heavy (non-hydrogen) atoms. The van der Waals surface area contributed by atoms with Crippen molar-refractivity contribution in [1.29, 1.82) is 0 Å². The van der Waals surface area contributed by atoms with Gasteiger partial charge in [0.15, 0.2) is 5.95 Å². The van der Waals surface area contributed by atoms with Crippen LogP contribution in [0.25, 0.3) is 0 Å². The largest absolute Gasteiger partial charge is 0.466 e. The number of benzene rings is 1. The van der Waals surface area contributed by atoms with Gasteiger partial charge in [-0.1, -0.05) is 26.0 Å². The fraction of sp³-hybridized carbons (Fsp3) is 0.524. The molecule has 0 amide bonds. The summed E-state index contributed by atoms with van der Waals surface area (Å²) in [7, 11) is 0. The van der Waals surface area contributed by atoms with E-state index in [0.717, 1.165) is 19.4 Å². The molecular weight excluding hydrogens is 340 g/mol. The predicted octanol–water partition coefficient (Wildman–Crippen LogP) is 3.42. The first-order valence-corrected chi connectivity index (χ1v) is 9.80. The Hall–Kier alpha value is -2.50. The molecular formula is C21H30N4O2. The fourth-order valence-electron chi connectivity index (χ4n) is 3.67. The molecule has 3 rings (SSSR count). The standard InChI is InChI=1S/C21H30N4O2/c1-4-27-20(26)18-6-5-10-24(14-18)19-12-16(15(2)3)7-8-17(19)13-25-11-9-23-21(25)22/h7-9,11-12,15,18H,4-6,10,13-14H2,1-3H3,(H2,22,23)/t18-/m1/s1. The Balaban J connectivity index is 1.90. The minimum absolute atomic E-state index is 0.0624. The van der Waals surface area contributed by atoms with Crippen molar-refractivity contribution in [2.75, 3.05) is 30.3 Å². The van der Waals surface area contributed by atoms with E-state index in [0.29, 0.717) is 31.6 Å². The van der Waals surface area contributed by atoms with Crippen molar-refractivity contribution in [3.05, 3.63) is 41.7 Å². The van der Waals surface area contributed by atoms with Gasteiger partial charge in [-0.15, -0.1) is 0 Å². The molecule has 2 aromatic rings. The molecule has 0 saturated carbocycles. The van der Waals surface area contributed by atoms with Crippen LogP contribution >= 0.6 is 0 Å². The van der Waals surface area contributed by atoms with Crippen molar-refractivity contribution in [3.8, 4) is 0 Å². The maximum absolute atomic E-state index is 12.3. The topological polar surface area (TPSA) is 73.4 Å². The highest BCUT2D eigenvalue weighted by atomic mass is 16.5. The number of esters is 1. The number of rotatable bonds is 6. The summed E-state index contributed by atoms with van der Waals surface area (Å²) in [5.41, 5.74) is 9.64. The summed E-state index contributed by atoms with van der Waals surface area (Å²) in [4.78, 5) is 18.7. The molecule has 0 bridgehead atoms. The minimum Gasteiger partial charge on any atom is -0.466 e. The highest BCUT2D eigenvalue weighted by Gasteiger charge is 2.28. The highest BCUT2D eigenvalue weighted by Crippen LogP contribution is 2.31. The van der Waals surface area contributed by atoms with Crippen LogP contribution in [0.5, 0.6) is 0 Å². The highest BCUT2D eigenvalue weighted by molar-refractivity contribution is 5.74. The van der Waals surface area contributed by atoms with Crippen molar-refractivity contribution in [2.45, 2.75) is 46.1 Å². The molecule has 0 unspecified atom stereocenters. The molecule has 1 aliphatic rings. The molecule has 1 saturated heterocycles. The second-order valence-corrected chi connectivity index (χ2v) is 7.49. The number of piperidine rings is 1. The monoisotopic (exact) mass is 370 g/mol. The van der Waals surface area contributed by atoms with Crippen molar-refractivity contribution in [2.24, 2.45) is 5.92 Å². The first-order valence-electron chi connectivity index (χ1n) is 9.80. The van der Waals surface area contributed by atoms with Gasteiger partial charge in [-0.25, -0.2) is 4.98 Å². The Morgan fingerprint density at radius 1 is 1.41 bits per heavy atom. The van der Waals surface area contributed by atoms with Gasteiger partial charge in [0.05, 0.1) is 19.1 Å². The number of aromatic nitrogens is 2. The zero-order valence-corrected chi connectivity index (χ0v) is 16.5. The molecule has 1 aromatic heterocycles. The van der Waals surface area contributed by atoms with Crippen LogP contribution in [0.1, 0.15) is 50.7 Å². The Morgan fingerprint density at radius 3 is 2.89 bits per heavy atom. The van der Waals surface area contributed by atoms with Gasteiger partial charge < -0.3 is 19.9 Å². The summed E-state index contributed by atoms with van der Waals surface area (Å²) in [5.74, 6) is 0.814. The second kappa shape index (κ2) is 8.46. The van der Waals surface area contributed by atoms with Crippen LogP contribution in [-0.4, -0.2) is 35.2 Å². The Morgan fingerprint density at radius 2 is 2.22 bits per heavy atom. The van der Waals surface area contributed by atoms with Crippen LogP contribution in [0.3, 0.4) is 0 Å². The van der Waals surface area contributed by atoms with Gasteiger partial charge in [0, 0.05) is 31.2 Å². The summed E-state index contributed by atoms with van der Waals surface area (Å²) in [6.07, 6.45) is 5.49. The number of carbonyl (C=O) groups is 1. The van der Waals surface area contributed by atoms with Gasteiger partial charge in [-0.2, -0.15) is 0 Å². The molecule has 0 aliphatic carbocycles. The van der Waals surface area contributed by atoms with Gasteiger partial charge in [-0.05, 0) is 42.9 Å². The fourth-order valence-corrected chi connectivity index (χ4v) is 3.67. The van der Waals surface area contributed by atoms with Crippen LogP contribution in [0.15, 0.2) is 30.6 Å². The maximum atomic E-state index is 12.3. The first-order chi connectivity index (χ1) is 13.0. The van der Waals surface area contributed by atoms with E-state index >= 15 is 0 Å². The van der Waals surface area contributed by atoms with Gasteiger partial charge >= 0.3 is 5.97 Å².